The number of nitrogens with zero attached hydrogens (tertiary/aromatic N) is 2. The lowest BCUT2D eigenvalue weighted by atomic mass is 9.89. The van der Waals surface area contributed by atoms with Crippen molar-refractivity contribution in [3.8, 4) is 17.0 Å². The van der Waals surface area contributed by atoms with E-state index in [2.05, 4.69) is 15.5 Å². The van der Waals surface area contributed by atoms with E-state index in [0.717, 1.165) is 29.4 Å². The number of phenolic OH excluding ortho intramolecular Hbond substituents is 1. The molecule has 3 atom stereocenters. The second-order valence-electron chi connectivity index (χ2n) is 7.55. The molecule has 0 bridgehead atoms. The number of nitrogens with one attached hydrogen (secondary N) is 1. The fraction of sp³-hybridized carbons (Fsp3) is 0.273. The van der Waals surface area contributed by atoms with Gasteiger partial charge in [-0.05, 0) is 36.6 Å². The van der Waals surface area contributed by atoms with Gasteiger partial charge in [-0.1, -0.05) is 30.3 Å². The Balaban J connectivity index is 1.52. The Hall–Kier alpha value is -2.99. The maximum absolute atomic E-state index is 12.4. The minimum atomic E-state index is 0.0395. The van der Waals surface area contributed by atoms with Crippen molar-refractivity contribution in [2.75, 3.05) is 12.4 Å². The summed E-state index contributed by atoms with van der Waals surface area (Å²) in [6.07, 6.45) is 3.81. The zero-order valence-corrected chi connectivity index (χ0v) is 15.4. The third-order valence-corrected chi connectivity index (χ3v) is 6.08. The van der Waals surface area contributed by atoms with E-state index < -0.39 is 0 Å². The number of ether oxygens (including phenoxy) is 1. The number of phenols is 1. The van der Waals surface area contributed by atoms with Crippen LogP contribution in [0, 0.1) is 5.92 Å². The Labute approximate surface area is 161 Å². The van der Waals surface area contributed by atoms with Gasteiger partial charge in [0.1, 0.15) is 11.4 Å². The number of rotatable bonds is 5. The number of fused-ring (bicyclic) bond motifs is 2. The molecule has 2 unspecified atom stereocenters. The lowest BCUT2D eigenvalue weighted by Crippen LogP contribution is -2.42. The molecule has 0 aliphatic heterocycles. The van der Waals surface area contributed by atoms with Crippen LogP contribution in [-0.4, -0.2) is 34.1 Å². The molecule has 5 rings (SSSR count). The monoisotopic (exact) mass is 377 g/mol. The van der Waals surface area contributed by atoms with E-state index >= 15 is 0 Å². The van der Waals surface area contributed by atoms with Gasteiger partial charge in [0.2, 0.25) is 0 Å². The Morgan fingerprint density at radius 1 is 1.18 bits per heavy atom. The molecule has 5 nitrogen and oxygen atoms in total. The molecule has 0 spiro atoms. The van der Waals surface area contributed by atoms with Crippen LogP contribution in [0.1, 0.15) is 18.4 Å². The molecule has 2 aromatic carbocycles. The summed E-state index contributed by atoms with van der Waals surface area (Å²) in [5, 5.41) is 24.6. The average Bonchev–Trinajstić information content (AvgIpc) is 3.31. The second-order valence-corrected chi connectivity index (χ2v) is 7.55. The molecule has 2 aliphatic carbocycles. The van der Waals surface area contributed by atoms with Gasteiger partial charge in [-0.15, -0.1) is 10.2 Å². The van der Waals surface area contributed by atoms with Crippen molar-refractivity contribution in [2.45, 2.75) is 24.5 Å². The number of anilines is 1. The van der Waals surface area contributed by atoms with Crippen molar-refractivity contribution < 1.29 is 14.2 Å². The molecular weight excluding hydrogens is 357 g/mol. The molecular formula is C22H20FN3O2. The summed E-state index contributed by atoms with van der Waals surface area (Å²) < 4.78 is 18.0. The smallest absolute Gasteiger partial charge is 0.156 e. The minimum absolute atomic E-state index is 0.0395. The Bertz CT molecular complexity index is 1100. The predicted octanol–water partition coefficient (Wildman–Crippen LogP) is 4.53. The molecule has 0 amide bonds. The van der Waals surface area contributed by atoms with Crippen LogP contribution in [0.5, 0.6) is 5.75 Å². The number of aromatic hydroxyl groups is 1. The molecule has 1 aromatic heterocycles. The standard InChI is InChI=1S/C22H20FN3O2/c1-28-22-11-17(22)18(12-22)24-21-15-5-3-2-4-14(15)20(25-26-21)16-7-6-13(8-9-23)10-19(16)27/h2-10,17-18,27H,11-12H2,1H3,(H,24,26)/b9-8+/t17?,18?,22-/m0/s1. The van der Waals surface area contributed by atoms with Crippen LogP contribution in [-0.2, 0) is 4.74 Å². The first kappa shape index (κ1) is 17.1. The van der Waals surface area contributed by atoms with E-state index in [1.165, 1.54) is 12.1 Å². The fourth-order valence-corrected chi connectivity index (χ4v) is 4.39. The Morgan fingerprint density at radius 2 is 2.00 bits per heavy atom. The van der Waals surface area contributed by atoms with E-state index in [0.29, 0.717) is 35.1 Å². The Kier molecular flexibility index (Phi) is 3.84. The van der Waals surface area contributed by atoms with Crippen LogP contribution < -0.4 is 5.32 Å². The average molecular weight is 377 g/mol. The second kappa shape index (κ2) is 6.27. The largest absolute Gasteiger partial charge is 0.507 e. The summed E-state index contributed by atoms with van der Waals surface area (Å²) in [5.41, 5.74) is 1.83. The summed E-state index contributed by atoms with van der Waals surface area (Å²) in [6, 6.07) is 13.2. The molecule has 2 N–H and O–H groups in total. The van der Waals surface area contributed by atoms with E-state index in [9.17, 15) is 9.50 Å². The van der Waals surface area contributed by atoms with Crippen molar-refractivity contribution in [1.82, 2.24) is 10.2 Å². The fourth-order valence-electron chi connectivity index (χ4n) is 4.39. The molecule has 0 saturated heterocycles. The lowest BCUT2D eigenvalue weighted by Gasteiger charge is -2.34. The number of hydrogen-bond donors (Lipinski definition) is 2. The van der Waals surface area contributed by atoms with Gasteiger partial charge in [0, 0.05) is 35.4 Å². The molecule has 2 aliphatic rings. The van der Waals surface area contributed by atoms with Gasteiger partial charge in [-0.3, -0.25) is 0 Å². The van der Waals surface area contributed by atoms with Crippen LogP contribution >= 0.6 is 0 Å². The molecule has 142 valence electrons. The molecule has 3 aromatic rings. The number of benzene rings is 2. The van der Waals surface area contributed by atoms with Crippen molar-refractivity contribution in [3.63, 3.8) is 0 Å². The van der Waals surface area contributed by atoms with E-state index in [4.69, 9.17) is 4.74 Å². The summed E-state index contributed by atoms with van der Waals surface area (Å²) >= 11 is 0. The zero-order chi connectivity index (χ0) is 19.3. The molecule has 28 heavy (non-hydrogen) atoms. The van der Waals surface area contributed by atoms with Gasteiger partial charge >= 0.3 is 0 Å². The zero-order valence-electron chi connectivity index (χ0n) is 15.4. The van der Waals surface area contributed by atoms with Crippen LogP contribution in [0.15, 0.2) is 48.8 Å². The third kappa shape index (κ3) is 2.56. The topological polar surface area (TPSA) is 67.3 Å². The van der Waals surface area contributed by atoms with Crippen LogP contribution in [0.3, 0.4) is 0 Å². The molecule has 2 saturated carbocycles. The van der Waals surface area contributed by atoms with Crippen LogP contribution in [0.25, 0.3) is 28.1 Å². The Morgan fingerprint density at radius 3 is 2.68 bits per heavy atom. The minimum Gasteiger partial charge on any atom is -0.507 e. The highest BCUT2D eigenvalue weighted by atomic mass is 19.1. The highest BCUT2D eigenvalue weighted by molar-refractivity contribution is 6.01. The summed E-state index contributed by atoms with van der Waals surface area (Å²) in [4.78, 5) is 0. The van der Waals surface area contributed by atoms with Crippen molar-refractivity contribution in [2.24, 2.45) is 5.92 Å². The highest BCUT2D eigenvalue weighted by Crippen LogP contribution is 2.62. The number of hydrogen-bond acceptors (Lipinski definition) is 5. The predicted molar refractivity (Wildman–Crippen MR) is 107 cm³/mol. The first-order valence-corrected chi connectivity index (χ1v) is 9.32. The SMILES string of the molecule is CO[C@@]12CC(Nc3nnc(-c4ccc(/C=C/F)cc4O)c4ccccc34)C1C2. The van der Waals surface area contributed by atoms with Gasteiger partial charge in [-0.2, -0.15) is 0 Å². The number of methoxy groups -OCH3 is 1. The molecule has 2 fully saturated rings. The highest BCUT2D eigenvalue weighted by Gasteiger charge is 2.68. The quantitative estimate of drug-likeness (QED) is 0.684. The van der Waals surface area contributed by atoms with Crippen molar-refractivity contribution in [1.29, 1.82) is 0 Å². The summed E-state index contributed by atoms with van der Waals surface area (Å²) in [7, 11) is 1.78. The maximum atomic E-state index is 12.4. The van der Waals surface area contributed by atoms with E-state index in [1.807, 2.05) is 24.3 Å². The summed E-state index contributed by atoms with van der Waals surface area (Å²) in [6.45, 7) is 0. The molecule has 6 heteroatoms. The third-order valence-electron chi connectivity index (χ3n) is 6.08. The van der Waals surface area contributed by atoms with Gasteiger partial charge in [0.05, 0.1) is 11.9 Å². The van der Waals surface area contributed by atoms with E-state index in [-0.39, 0.29) is 11.4 Å². The maximum Gasteiger partial charge on any atom is 0.156 e. The molecule has 1 heterocycles. The first-order chi connectivity index (χ1) is 13.6. The van der Waals surface area contributed by atoms with Crippen molar-refractivity contribution >= 4 is 22.7 Å². The number of aromatic nitrogens is 2. The van der Waals surface area contributed by atoms with Gasteiger partial charge in [-0.25, -0.2) is 4.39 Å². The molecule has 0 radical (unpaired) electrons. The number of halogens is 1. The summed E-state index contributed by atoms with van der Waals surface area (Å²) in [5.74, 6) is 1.33. The first-order valence-electron chi connectivity index (χ1n) is 9.32. The van der Waals surface area contributed by atoms with Gasteiger partial charge < -0.3 is 15.2 Å². The van der Waals surface area contributed by atoms with Crippen molar-refractivity contribution in [3.05, 3.63) is 54.4 Å². The van der Waals surface area contributed by atoms with Gasteiger partial charge in [0.25, 0.3) is 0 Å². The van der Waals surface area contributed by atoms with Crippen LogP contribution in [0.2, 0.25) is 0 Å². The van der Waals surface area contributed by atoms with Gasteiger partial charge in [0.15, 0.2) is 5.82 Å². The lowest BCUT2D eigenvalue weighted by molar-refractivity contribution is 0.0110. The normalized spacial score (nSPS) is 25.5. The van der Waals surface area contributed by atoms with Crippen LogP contribution in [0.4, 0.5) is 10.2 Å². The van der Waals surface area contributed by atoms with E-state index in [1.54, 1.807) is 19.2 Å².